The zero-order chi connectivity index (χ0) is 16.0. The first-order chi connectivity index (χ1) is 9.85. The van der Waals surface area contributed by atoms with Crippen molar-refractivity contribution in [3.63, 3.8) is 0 Å². The third-order valence-electron chi connectivity index (χ3n) is 2.60. The summed E-state index contributed by atoms with van der Waals surface area (Å²) in [6.07, 6.45) is 0. The van der Waals surface area contributed by atoms with Crippen molar-refractivity contribution in [3.8, 4) is 11.5 Å². The lowest BCUT2D eigenvalue weighted by molar-refractivity contribution is -0.385. The summed E-state index contributed by atoms with van der Waals surface area (Å²) >= 11 is 0. The van der Waals surface area contributed by atoms with Crippen LogP contribution >= 0.6 is 0 Å². The summed E-state index contributed by atoms with van der Waals surface area (Å²) in [5, 5.41) is 22.8. The number of aliphatic carboxylic acids is 1. The zero-order valence-corrected chi connectivity index (χ0v) is 12.0. The number of methoxy groups -OCH3 is 1. The van der Waals surface area contributed by atoms with Gasteiger partial charge in [0.05, 0.1) is 18.1 Å². The molecule has 0 fully saturated rings. The predicted molar refractivity (Wildman–Crippen MR) is 74.8 cm³/mol. The average molecular weight is 298 g/mol. The van der Waals surface area contributed by atoms with E-state index in [-0.39, 0.29) is 29.8 Å². The Bertz CT molecular complexity index is 517. The number of hydrogen-bond donors (Lipinski definition) is 2. The Morgan fingerprint density at radius 2 is 2.14 bits per heavy atom. The maximum Gasteiger partial charge on any atom is 0.324 e. The smallest absolute Gasteiger partial charge is 0.324 e. The first kappa shape index (κ1) is 16.7. The molecule has 116 valence electrons. The molecule has 1 atom stereocenters. The number of carbonyl (C=O) groups is 1. The second-order valence-electron chi connectivity index (χ2n) is 4.61. The molecule has 1 rings (SSSR count). The minimum Gasteiger partial charge on any atom is -0.491 e. The number of nitrogens with zero attached hydrogens (tertiary/aromatic N) is 1. The number of rotatable bonds is 8. The van der Waals surface area contributed by atoms with Crippen LogP contribution in [0.4, 0.5) is 5.69 Å². The van der Waals surface area contributed by atoms with E-state index in [1.807, 2.05) is 13.8 Å². The molecule has 1 aromatic carbocycles. The van der Waals surface area contributed by atoms with Gasteiger partial charge >= 0.3 is 11.7 Å². The average Bonchev–Trinajstić information content (AvgIpc) is 2.42. The molecule has 0 aliphatic carbocycles. The van der Waals surface area contributed by atoms with E-state index in [1.165, 1.54) is 25.3 Å². The zero-order valence-electron chi connectivity index (χ0n) is 12.0. The Kier molecular flexibility index (Phi) is 5.92. The normalized spacial score (nSPS) is 12.0. The van der Waals surface area contributed by atoms with Crippen LogP contribution in [0.3, 0.4) is 0 Å². The maximum absolute atomic E-state index is 11.1. The highest BCUT2D eigenvalue weighted by molar-refractivity contribution is 5.73. The highest BCUT2D eigenvalue weighted by Gasteiger charge is 2.20. The molecule has 2 N–H and O–H groups in total. The Hall–Kier alpha value is -2.35. The summed E-state index contributed by atoms with van der Waals surface area (Å²) in [7, 11) is 1.33. The van der Waals surface area contributed by atoms with Gasteiger partial charge in [0.15, 0.2) is 5.75 Å². The van der Waals surface area contributed by atoms with Crippen molar-refractivity contribution in [3.05, 3.63) is 28.3 Å². The molecule has 0 bridgehead atoms. The van der Waals surface area contributed by atoms with E-state index in [4.69, 9.17) is 14.6 Å². The lowest BCUT2D eigenvalue weighted by Crippen LogP contribution is -2.44. The maximum atomic E-state index is 11.1. The van der Waals surface area contributed by atoms with E-state index in [0.717, 1.165) is 0 Å². The summed E-state index contributed by atoms with van der Waals surface area (Å²) in [4.78, 5) is 21.4. The fourth-order valence-electron chi connectivity index (χ4n) is 1.67. The van der Waals surface area contributed by atoms with Crippen LogP contribution in [0.2, 0.25) is 0 Å². The monoisotopic (exact) mass is 298 g/mol. The van der Waals surface area contributed by atoms with Crippen LogP contribution in [0.5, 0.6) is 11.5 Å². The molecular weight excluding hydrogens is 280 g/mol. The predicted octanol–water partition coefficient (Wildman–Crippen LogP) is 1.43. The molecule has 0 radical (unpaired) electrons. The van der Waals surface area contributed by atoms with Gasteiger partial charge in [-0.1, -0.05) is 13.8 Å². The molecule has 0 amide bonds. The second-order valence-corrected chi connectivity index (χ2v) is 4.61. The Balaban J connectivity index is 2.81. The first-order valence-corrected chi connectivity index (χ1v) is 6.29. The highest BCUT2D eigenvalue weighted by atomic mass is 16.6. The molecule has 0 aromatic heterocycles. The lowest BCUT2D eigenvalue weighted by Gasteiger charge is -2.17. The fraction of sp³-hybridized carbons (Fsp3) is 0.462. The van der Waals surface area contributed by atoms with Gasteiger partial charge in [-0.15, -0.1) is 0 Å². The third-order valence-corrected chi connectivity index (χ3v) is 2.60. The number of benzene rings is 1. The van der Waals surface area contributed by atoms with Crippen molar-refractivity contribution in [1.82, 2.24) is 5.32 Å². The van der Waals surface area contributed by atoms with Crippen LogP contribution in [0.15, 0.2) is 18.2 Å². The molecule has 0 aliphatic heterocycles. The largest absolute Gasteiger partial charge is 0.491 e. The number of carboxylic acid groups (broad SMARTS) is 1. The summed E-state index contributed by atoms with van der Waals surface area (Å²) in [5.74, 6) is -0.728. The van der Waals surface area contributed by atoms with Gasteiger partial charge in [0, 0.05) is 6.04 Å². The standard InChI is InChI=1S/C13H18N2O6/c1-8(2)14-10(13(16)17)7-21-9-4-5-12(20-3)11(6-9)15(18)19/h4-6,8,10,14H,7H2,1-3H3,(H,16,17). The Morgan fingerprint density at radius 3 is 2.62 bits per heavy atom. The molecule has 0 aliphatic rings. The summed E-state index contributed by atoms with van der Waals surface area (Å²) < 4.78 is 10.2. The SMILES string of the molecule is COc1ccc(OCC(NC(C)C)C(=O)O)cc1[N+](=O)[O-]. The van der Waals surface area contributed by atoms with Gasteiger partial charge in [-0.3, -0.25) is 20.2 Å². The quantitative estimate of drug-likeness (QED) is 0.551. The van der Waals surface area contributed by atoms with Gasteiger partial charge in [0.1, 0.15) is 18.4 Å². The topological polar surface area (TPSA) is 111 Å². The minimum atomic E-state index is -1.05. The van der Waals surface area contributed by atoms with E-state index in [2.05, 4.69) is 5.32 Å². The third kappa shape index (κ3) is 4.92. The van der Waals surface area contributed by atoms with E-state index in [9.17, 15) is 14.9 Å². The van der Waals surface area contributed by atoms with E-state index >= 15 is 0 Å². The molecule has 0 spiro atoms. The van der Waals surface area contributed by atoms with Crippen LogP contribution in [0.25, 0.3) is 0 Å². The number of ether oxygens (including phenoxy) is 2. The van der Waals surface area contributed by atoms with Crippen LogP contribution < -0.4 is 14.8 Å². The summed E-state index contributed by atoms with van der Waals surface area (Å²) in [6.45, 7) is 3.49. The molecular formula is C13H18N2O6. The fourth-order valence-corrected chi connectivity index (χ4v) is 1.67. The van der Waals surface area contributed by atoms with Crippen molar-refractivity contribution >= 4 is 11.7 Å². The molecule has 1 unspecified atom stereocenters. The van der Waals surface area contributed by atoms with Gasteiger partial charge in [-0.25, -0.2) is 0 Å². The van der Waals surface area contributed by atoms with Gasteiger partial charge in [-0.2, -0.15) is 0 Å². The molecule has 21 heavy (non-hydrogen) atoms. The van der Waals surface area contributed by atoms with Crippen LogP contribution in [0, 0.1) is 10.1 Å². The van der Waals surface area contributed by atoms with Crippen molar-refractivity contribution in [1.29, 1.82) is 0 Å². The second kappa shape index (κ2) is 7.44. The van der Waals surface area contributed by atoms with Crippen molar-refractivity contribution in [2.75, 3.05) is 13.7 Å². The number of nitro benzene ring substituents is 1. The number of hydrogen-bond acceptors (Lipinski definition) is 6. The molecule has 8 nitrogen and oxygen atoms in total. The van der Waals surface area contributed by atoms with Crippen molar-refractivity contribution in [2.45, 2.75) is 25.9 Å². The molecule has 0 saturated heterocycles. The van der Waals surface area contributed by atoms with E-state index in [0.29, 0.717) is 0 Å². The molecule has 1 aromatic rings. The molecule has 0 saturated carbocycles. The number of carboxylic acids is 1. The van der Waals surface area contributed by atoms with Gasteiger partial charge in [0.2, 0.25) is 0 Å². The number of nitro groups is 1. The van der Waals surface area contributed by atoms with Crippen molar-refractivity contribution < 1.29 is 24.3 Å². The van der Waals surface area contributed by atoms with Crippen LogP contribution in [0.1, 0.15) is 13.8 Å². The van der Waals surface area contributed by atoms with Crippen LogP contribution in [-0.2, 0) is 4.79 Å². The van der Waals surface area contributed by atoms with E-state index in [1.54, 1.807) is 0 Å². The minimum absolute atomic E-state index is 0.0279. The highest BCUT2D eigenvalue weighted by Crippen LogP contribution is 2.30. The van der Waals surface area contributed by atoms with Gasteiger partial charge in [0.25, 0.3) is 0 Å². The Labute approximate surface area is 121 Å². The van der Waals surface area contributed by atoms with Gasteiger partial charge < -0.3 is 14.6 Å². The Morgan fingerprint density at radius 1 is 1.48 bits per heavy atom. The van der Waals surface area contributed by atoms with Crippen LogP contribution in [-0.4, -0.2) is 41.8 Å². The van der Waals surface area contributed by atoms with E-state index < -0.39 is 16.9 Å². The lowest BCUT2D eigenvalue weighted by atomic mass is 10.2. The summed E-state index contributed by atoms with van der Waals surface area (Å²) in [5.41, 5.74) is -0.237. The van der Waals surface area contributed by atoms with Crippen molar-refractivity contribution in [2.24, 2.45) is 0 Å². The first-order valence-electron chi connectivity index (χ1n) is 6.29. The summed E-state index contributed by atoms with van der Waals surface area (Å²) in [6, 6.07) is 3.16. The molecule has 0 heterocycles. The van der Waals surface area contributed by atoms with Gasteiger partial charge in [-0.05, 0) is 12.1 Å². The molecule has 8 heteroatoms. The number of nitrogens with one attached hydrogen (secondary N) is 1.